The molecule has 0 atom stereocenters. The van der Waals surface area contributed by atoms with Crippen molar-refractivity contribution in [1.29, 1.82) is 0 Å². The molecule has 2 aromatic heterocycles. The summed E-state index contributed by atoms with van der Waals surface area (Å²) in [6, 6.07) is 62.5. The van der Waals surface area contributed by atoms with E-state index in [0.29, 0.717) is 0 Å². The number of hydrogen-bond acceptors (Lipinski definition) is 10. The monoisotopic (exact) mass is 818 g/mol. The summed E-state index contributed by atoms with van der Waals surface area (Å²) in [4.78, 5) is 0. The van der Waals surface area contributed by atoms with Crippen LogP contribution < -0.4 is 57.9 Å². The Hall–Kier alpha value is -6.26. The first-order valence-electron chi connectivity index (χ1n) is 17.2. The van der Waals surface area contributed by atoms with Gasteiger partial charge in [0.2, 0.25) is 22.8 Å². The first-order valence-corrected chi connectivity index (χ1v) is 19.7. The zero-order valence-corrected chi connectivity index (χ0v) is 32.1. The van der Waals surface area contributed by atoms with Crippen LogP contribution in [0.5, 0.6) is 0 Å². The predicted octanol–water partition coefficient (Wildman–Crippen LogP) is -0.267. The van der Waals surface area contributed by atoms with Crippen LogP contribution >= 0.6 is 0 Å². The number of nitrogens with two attached hydrogens (primary N) is 2. The van der Waals surface area contributed by atoms with Crippen LogP contribution in [0, 0.1) is 20.5 Å². The average molecular weight is 820 g/mol. The maximum absolute atomic E-state index is 8.49. The second-order valence-electron chi connectivity index (χ2n) is 12.4. The number of halogens is 2. The Labute approximate surface area is 338 Å². The molecular formula is C44H36Cl2N4O8. The number of nitrogens with zero attached hydrogens (tertiary/aromatic N) is 2. The first-order chi connectivity index (χ1) is 27.6. The lowest BCUT2D eigenvalue weighted by Crippen LogP contribution is -2.68. The number of aromatic nitrogens is 2. The van der Waals surface area contributed by atoms with Crippen molar-refractivity contribution < 1.29 is 66.9 Å². The molecule has 0 fully saturated rings. The van der Waals surface area contributed by atoms with Gasteiger partial charge < -0.3 is 11.5 Å². The van der Waals surface area contributed by atoms with Crippen molar-refractivity contribution in [3.8, 4) is 45.0 Å². The van der Waals surface area contributed by atoms with Crippen LogP contribution in [0.4, 0.5) is 11.4 Å². The molecular weight excluding hydrogens is 783 g/mol. The van der Waals surface area contributed by atoms with Crippen LogP contribution in [-0.4, -0.2) is 0 Å². The van der Waals surface area contributed by atoms with E-state index in [0.717, 1.165) is 45.3 Å². The Kier molecular flexibility index (Phi) is 14.6. The van der Waals surface area contributed by atoms with E-state index in [1.54, 1.807) is 0 Å². The molecule has 0 spiro atoms. The largest absolute Gasteiger partial charge is 0.399 e. The van der Waals surface area contributed by atoms with Gasteiger partial charge >= 0.3 is 0 Å². The highest BCUT2D eigenvalue weighted by atomic mass is 35.7. The van der Waals surface area contributed by atoms with E-state index in [-0.39, 0.29) is 0 Å². The molecule has 8 aromatic rings. The zero-order valence-electron chi connectivity index (χ0n) is 30.5. The van der Waals surface area contributed by atoms with Crippen LogP contribution in [0.25, 0.3) is 55.8 Å². The van der Waals surface area contributed by atoms with Gasteiger partial charge in [-0.15, -0.1) is 20.5 Å². The van der Waals surface area contributed by atoms with Crippen LogP contribution in [0.1, 0.15) is 0 Å². The number of rotatable bonds is 5. The molecule has 0 radical (unpaired) electrons. The number of benzene rings is 6. The molecule has 2 heterocycles. The topological polar surface area (TPSA) is 244 Å². The fourth-order valence-corrected chi connectivity index (χ4v) is 5.96. The van der Waals surface area contributed by atoms with Gasteiger partial charge in [0.15, 0.2) is 12.4 Å². The summed E-state index contributed by atoms with van der Waals surface area (Å²) in [5.41, 5.74) is 22.5. The van der Waals surface area contributed by atoms with Crippen molar-refractivity contribution >= 4 is 22.1 Å². The predicted molar refractivity (Wildman–Crippen MR) is 199 cm³/mol. The molecule has 0 saturated heterocycles. The Bertz CT molecular complexity index is 2450. The maximum Gasteiger partial charge on any atom is 0.219 e. The van der Waals surface area contributed by atoms with Crippen molar-refractivity contribution in [2.24, 2.45) is 0 Å². The van der Waals surface area contributed by atoms with Crippen LogP contribution in [0.3, 0.4) is 0 Å². The van der Waals surface area contributed by atoms with E-state index >= 15 is 0 Å². The highest BCUT2D eigenvalue weighted by molar-refractivity contribution is 5.80. The van der Waals surface area contributed by atoms with E-state index in [1.807, 2.05) is 66.7 Å². The van der Waals surface area contributed by atoms with Crippen LogP contribution in [0.15, 0.2) is 194 Å². The summed E-state index contributed by atoms with van der Waals surface area (Å²) in [6.45, 7) is 0. The fourth-order valence-electron chi connectivity index (χ4n) is 5.96. The summed E-state index contributed by atoms with van der Waals surface area (Å²) in [6.07, 6.45) is 4.17. The van der Waals surface area contributed by atoms with E-state index in [9.17, 15) is 0 Å². The van der Waals surface area contributed by atoms with Gasteiger partial charge in [0.05, 0.1) is 0 Å². The van der Waals surface area contributed by atoms with Gasteiger partial charge in [-0.25, -0.2) is 37.3 Å². The minimum absolute atomic E-state index is 0.746. The van der Waals surface area contributed by atoms with Crippen LogP contribution in [0.2, 0.25) is 0 Å². The average Bonchev–Trinajstić information content (AvgIpc) is 3.20. The van der Waals surface area contributed by atoms with Crippen LogP contribution in [-0.2, 0) is 0 Å². The third-order valence-electron chi connectivity index (χ3n) is 8.30. The highest BCUT2D eigenvalue weighted by Gasteiger charge is 2.25. The molecule has 12 nitrogen and oxygen atoms in total. The second-order valence-corrected chi connectivity index (χ2v) is 13.9. The minimum Gasteiger partial charge on any atom is -0.399 e. The lowest BCUT2D eigenvalue weighted by molar-refractivity contribution is -2.00. The smallest absolute Gasteiger partial charge is 0.219 e. The van der Waals surface area contributed by atoms with Gasteiger partial charge in [-0.2, -0.15) is 9.13 Å². The highest BCUT2D eigenvalue weighted by Crippen LogP contribution is 2.30. The number of fused-ring (bicyclic) bond motifs is 1. The van der Waals surface area contributed by atoms with E-state index in [4.69, 9.17) is 48.7 Å². The van der Waals surface area contributed by atoms with E-state index in [2.05, 4.69) is 137 Å². The lowest BCUT2D eigenvalue weighted by atomic mass is 9.98. The molecule has 0 unspecified atom stereocenters. The first kappa shape index (κ1) is 42.9. The molecule has 294 valence electrons. The Morgan fingerprint density at radius 3 is 1.22 bits per heavy atom. The SMILES string of the molecule is Nc1cccc(-[n+]2c(-c3ccccc3)cc(-c3ccccc3)cc2-c2ccccc2)c1.Nc1cccc(-[n+]2ccc3ccccc3c2)c1.[O-][Cl+3]([O-])([O-])[O-].[O-][Cl+3]([O-])([O-])[O-]. The van der Waals surface area contributed by atoms with Crippen molar-refractivity contribution in [3.05, 3.63) is 194 Å². The van der Waals surface area contributed by atoms with Crippen molar-refractivity contribution in [2.75, 3.05) is 11.5 Å². The summed E-state index contributed by atoms with van der Waals surface area (Å²) in [5, 5.41) is 2.46. The number of anilines is 2. The molecule has 0 amide bonds. The number of hydrogen-bond donors (Lipinski definition) is 2. The molecule has 6 aromatic carbocycles. The van der Waals surface area contributed by atoms with Gasteiger partial charge in [0.1, 0.15) is 0 Å². The van der Waals surface area contributed by atoms with Gasteiger partial charge in [0, 0.05) is 70.4 Å². The molecule has 0 aliphatic carbocycles. The standard InChI is InChI=1S/C29H23N2.C15H13N2.2ClHO4/c30-26-17-10-18-27(21-26)31-28(23-13-6-2-7-14-23)19-25(22-11-4-1-5-12-22)20-29(31)24-15-8-3-9-16-24;16-14-6-3-7-15(10-14)17-9-8-12-4-1-2-5-13(12)11-17;2*2-1(3,4)5/h1-21H,30H2;1-11H,16H2;2*(H,2,3,4,5)/q2*+1;;/p-2. The summed E-state index contributed by atoms with van der Waals surface area (Å²) >= 11 is 0. The van der Waals surface area contributed by atoms with Gasteiger partial charge in [-0.05, 0) is 59.0 Å². The summed E-state index contributed by atoms with van der Waals surface area (Å²) in [5.74, 6) is 0. The minimum atomic E-state index is -4.94. The number of pyridine rings is 2. The Morgan fingerprint density at radius 1 is 0.362 bits per heavy atom. The molecule has 4 N–H and O–H groups in total. The van der Waals surface area contributed by atoms with Crippen molar-refractivity contribution in [1.82, 2.24) is 0 Å². The third kappa shape index (κ3) is 13.4. The fraction of sp³-hybridized carbons (Fsp3) is 0. The second kappa shape index (κ2) is 19.7. The maximum atomic E-state index is 8.49. The van der Waals surface area contributed by atoms with Gasteiger partial charge in [0.25, 0.3) is 0 Å². The van der Waals surface area contributed by atoms with Crippen molar-refractivity contribution in [3.63, 3.8) is 0 Å². The zero-order chi connectivity index (χ0) is 41.7. The lowest BCUT2D eigenvalue weighted by Gasteiger charge is -2.17. The Morgan fingerprint density at radius 2 is 0.759 bits per heavy atom. The normalized spacial score (nSPS) is 10.9. The third-order valence-corrected chi connectivity index (χ3v) is 8.30. The quantitative estimate of drug-likeness (QED) is 0.170. The molecule has 58 heavy (non-hydrogen) atoms. The van der Waals surface area contributed by atoms with Crippen molar-refractivity contribution in [2.45, 2.75) is 0 Å². The Balaban J connectivity index is 0.000000197. The summed E-state index contributed by atoms with van der Waals surface area (Å²) in [7, 11) is -9.89. The molecule has 0 bridgehead atoms. The molecule has 0 saturated carbocycles. The summed E-state index contributed by atoms with van der Waals surface area (Å²) < 4.78 is 72.3. The molecule has 0 aliphatic rings. The van der Waals surface area contributed by atoms with E-state index in [1.165, 1.54) is 21.9 Å². The van der Waals surface area contributed by atoms with Gasteiger partial charge in [-0.3, -0.25) is 0 Å². The molecule has 0 aliphatic heterocycles. The number of nitrogen functional groups attached to an aromatic ring is 2. The molecule has 14 heteroatoms. The van der Waals surface area contributed by atoms with Gasteiger partial charge in [-0.1, -0.05) is 97.1 Å². The van der Waals surface area contributed by atoms with E-state index < -0.39 is 20.5 Å². The molecule has 8 rings (SSSR count).